The fourth-order valence-corrected chi connectivity index (χ4v) is 4.35. The third-order valence-corrected chi connectivity index (χ3v) is 8.10. The van der Waals surface area contributed by atoms with Crippen LogP contribution in [-0.2, 0) is 30.2 Å². The molecule has 6 nitrogen and oxygen atoms in total. The highest BCUT2D eigenvalue weighted by Gasteiger charge is 2.53. The van der Waals surface area contributed by atoms with E-state index in [0.29, 0.717) is 5.56 Å². The minimum absolute atomic E-state index is 0.0422. The lowest BCUT2D eigenvalue weighted by Crippen LogP contribution is -2.41. The predicted molar refractivity (Wildman–Crippen MR) is 134 cm³/mol. The lowest BCUT2D eigenvalue weighted by Gasteiger charge is -2.32. The quantitative estimate of drug-likeness (QED) is 0.219. The number of esters is 1. The van der Waals surface area contributed by atoms with Crippen LogP contribution in [0, 0.1) is 11.6 Å². The normalized spacial score (nSPS) is 21.4. The first kappa shape index (κ1) is 28.1. The molecule has 0 N–H and O–H groups in total. The second kappa shape index (κ2) is 10.1. The van der Waals surface area contributed by atoms with E-state index in [9.17, 15) is 9.35 Å². The van der Waals surface area contributed by atoms with Crippen molar-refractivity contribution in [2.24, 2.45) is 4.40 Å². The number of carbonyl (C=O) groups excluding carboxylic acids is 1. The van der Waals surface area contributed by atoms with Crippen molar-refractivity contribution in [1.82, 2.24) is 0 Å². The van der Waals surface area contributed by atoms with Crippen LogP contribution >= 0.6 is 0 Å². The van der Waals surface area contributed by atoms with E-state index in [-0.39, 0.29) is 30.0 Å². The Morgan fingerprint density at radius 1 is 1.26 bits per heavy atom. The van der Waals surface area contributed by atoms with Gasteiger partial charge in [-0.05, 0) is 79.7 Å². The van der Waals surface area contributed by atoms with Crippen LogP contribution in [0.4, 0.5) is 8.78 Å². The van der Waals surface area contributed by atoms with Gasteiger partial charge in [0.15, 0.2) is 0 Å². The molecule has 1 aromatic rings. The molecular formula is C25H36BF2NO5S. The van der Waals surface area contributed by atoms with Gasteiger partial charge in [-0.3, -0.25) is 4.79 Å². The van der Waals surface area contributed by atoms with Crippen LogP contribution in [0.1, 0.15) is 97.6 Å². The molecule has 1 unspecified atom stereocenters. The van der Waals surface area contributed by atoms with E-state index in [1.807, 2.05) is 27.7 Å². The summed E-state index contributed by atoms with van der Waals surface area (Å²) in [7, 11) is -1.04. The average molecular weight is 511 g/mol. The number of hydrogen-bond donors (Lipinski definition) is 0. The summed E-state index contributed by atoms with van der Waals surface area (Å²) in [5, 5.41) is 0. The van der Waals surface area contributed by atoms with Crippen LogP contribution in [0.25, 0.3) is 0 Å². The number of halogens is 2. The second-order valence-corrected chi connectivity index (χ2v) is 13.1. The van der Waals surface area contributed by atoms with Crippen LogP contribution in [0.3, 0.4) is 0 Å². The minimum atomic E-state index is -1.67. The van der Waals surface area contributed by atoms with E-state index in [0.717, 1.165) is 12.8 Å². The zero-order valence-electron chi connectivity index (χ0n) is 21.9. The molecule has 0 aromatic heterocycles. The zero-order valence-corrected chi connectivity index (χ0v) is 22.7. The predicted octanol–water partition coefficient (Wildman–Crippen LogP) is 4.71. The summed E-state index contributed by atoms with van der Waals surface area (Å²) in [6, 6.07) is 1.49. The Hall–Kier alpha value is -1.49. The standard InChI is InChI=1S/C25H36BF2NO5S/c1-9-32-19(30)12-16(14-29-35(31)23(2,3)4)20-21(27)17(15-10-11-15)13-18(22(20)28)26-33-24(5,6)25(7,8)34-26/h13-16H,9-12H2,1-8H3/b29-14+/t16?,35-/m1/s1. The fraction of sp³-hybridized carbons (Fsp3) is 0.680. The number of carbonyl (C=O) groups is 1. The summed E-state index contributed by atoms with van der Waals surface area (Å²) >= 11 is -1.67. The molecular weight excluding hydrogens is 475 g/mol. The highest BCUT2D eigenvalue weighted by Crippen LogP contribution is 2.44. The Kier molecular flexibility index (Phi) is 8.12. The van der Waals surface area contributed by atoms with Crippen molar-refractivity contribution in [3.63, 3.8) is 0 Å². The maximum atomic E-state index is 16.1. The molecule has 1 heterocycles. The van der Waals surface area contributed by atoms with Crippen molar-refractivity contribution in [2.75, 3.05) is 6.61 Å². The molecule has 0 bridgehead atoms. The van der Waals surface area contributed by atoms with Gasteiger partial charge < -0.3 is 18.6 Å². The number of hydrogen-bond acceptors (Lipinski definition) is 6. The molecule has 0 radical (unpaired) electrons. The molecule has 10 heteroatoms. The third-order valence-electron chi connectivity index (χ3n) is 6.74. The van der Waals surface area contributed by atoms with Crippen molar-refractivity contribution < 1.29 is 32.2 Å². The van der Waals surface area contributed by atoms with Gasteiger partial charge in [0, 0.05) is 16.9 Å². The van der Waals surface area contributed by atoms with Crippen LogP contribution in [-0.4, -0.2) is 46.4 Å². The van der Waals surface area contributed by atoms with Crippen molar-refractivity contribution in [3.05, 3.63) is 28.8 Å². The molecule has 3 rings (SSSR count). The highest BCUT2D eigenvalue weighted by molar-refractivity contribution is 7.91. The van der Waals surface area contributed by atoms with Gasteiger partial charge >= 0.3 is 13.1 Å². The summed E-state index contributed by atoms with van der Waals surface area (Å²) in [5.41, 5.74) is -1.28. The highest BCUT2D eigenvalue weighted by atomic mass is 32.2. The molecule has 35 heavy (non-hydrogen) atoms. The molecule has 2 atom stereocenters. The van der Waals surface area contributed by atoms with Crippen LogP contribution < -0.4 is 5.46 Å². The largest absolute Gasteiger partial charge is 0.591 e. The SMILES string of the molecule is CCOC(=O)CC(/C=N/[S@+]([O-])C(C)(C)C)c1c(F)c(B2OC(C)(C)C(C)(C)O2)cc(C2CC2)c1F. The molecule has 0 amide bonds. The zero-order chi connectivity index (χ0) is 26.3. The molecule has 1 saturated carbocycles. The van der Waals surface area contributed by atoms with Crippen molar-refractivity contribution in [3.8, 4) is 0 Å². The van der Waals surface area contributed by atoms with Crippen LogP contribution in [0.5, 0.6) is 0 Å². The van der Waals surface area contributed by atoms with E-state index < -0.39 is 58.0 Å². The van der Waals surface area contributed by atoms with E-state index in [4.69, 9.17) is 14.0 Å². The molecule has 1 saturated heterocycles. The van der Waals surface area contributed by atoms with Crippen molar-refractivity contribution in [1.29, 1.82) is 0 Å². The Balaban J connectivity index is 2.13. The topological polar surface area (TPSA) is 80.2 Å². The molecule has 1 aliphatic carbocycles. The maximum Gasteiger partial charge on any atom is 0.497 e. The summed E-state index contributed by atoms with van der Waals surface area (Å²) in [5.74, 6) is -3.35. The van der Waals surface area contributed by atoms with Crippen LogP contribution in [0.15, 0.2) is 10.5 Å². The maximum absolute atomic E-state index is 16.1. The lowest BCUT2D eigenvalue weighted by molar-refractivity contribution is -0.143. The van der Waals surface area contributed by atoms with E-state index in [2.05, 4.69) is 4.40 Å². The van der Waals surface area contributed by atoms with Gasteiger partial charge in [0.25, 0.3) is 0 Å². The van der Waals surface area contributed by atoms with E-state index in [1.165, 1.54) is 12.3 Å². The molecule has 2 fully saturated rings. The Morgan fingerprint density at radius 3 is 2.31 bits per heavy atom. The average Bonchev–Trinajstić information content (AvgIpc) is 3.52. The second-order valence-electron chi connectivity index (χ2n) is 11.2. The minimum Gasteiger partial charge on any atom is -0.591 e. The van der Waals surface area contributed by atoms with Crippen molar-refractivity contribution in [2.45, 2.75) is 102 Å². The summed E-state index contributed by atoms with van der Waals surface area (Å²) in [4.78, 5) is 12.4. The fourth-order valence-electron chi connectivity index (χ4n) is 3.78. The lowest BCUT2D eigenvalue weighted by atomic mass is 9.74. The number of nitrogens with zero attached hydrogens (tertiary/aromatic N) is 1. The van der Waals surface area contributed by atoms with Gasteiger partial charge in [0.1, 0.15) is 27.7 Å². The molecule has 1 aliphatic heterocycles. The van der Waals surface area contributed by atoms with Gasteiger partial charge in [-0.2, -0.15) is 0 Å². The van der Waals surface area contributed by atoms with E-state index in [1.54, 1.807) is 27.7 Å². The molecule has 0 spiro atoms. The Bertz CT molecular complexity index is 975. The van der Waals surface area contributed by atoms with E-state index >= 15 is 8.78 Å². The molecule has 2 aliphatic rings. The summed E-state index contributed by atoms with van der Waals surface area (Å²) in [6.45, 7) is 14.4. The van der Waals surface area contributed by atoms with Crippen LogP contribution in [0.2, 0.25) is 0 Å². The van der Waals surface area contributed by atoms with Gasteiger partial charge in [-0.15, -0.1) is 0 Å². The monoisotopic (exact) mass is 511 g/mol. The molecule has 194 valence electrons. The first-order valence-electron chi connectivity index (χ1n) is 12.1. The first-order chi connectivity index (χ1) is 16.1. The van der Waals surface area contributed by atoms with Gasteiger partial charge in [0.05, 0.1) is 30.4 Å². The van der Waals surface area contributed by atoms with Gasteiger partial charge in [-0.25, -0.2) is 8.78 Å². The Labute approximate surface area is 210 Å². The first-order valence-corrected chi connectivity index (χ1v) is 13.2. The number of ether oxygens (including phenoxy) is 1. The van der Waals surface area contributed by atoms with Gasteiger partial charge in [-0.1, -0.05) is 10.5 Å². The van der Waals surface area contributed by atoms with Crippen molar-refractivity contribution >= 4 is 36.1 Å². The Morgan fingerprint density at radius 2 is 1.83 bits per heavy atom. The number of benzene rings is 1. The molecule has 1 aromatic carbocycles. The third kappa shape index (κ3) is 6.09. The number of rotatable bonds is 8. The summed E-state index contributed by atoms with van der Waals surface area (Å²) in [6.07, 6.45) is 2.44. The van der Waals surface area contributed by atoms with Gasteiger partial charge in [0.2, 0.25) is 0 Å². The smallest absolute Gasteiger partial charge is 0.497 e. The summed E-state index contributed by atoms with van der Waals surface area (Å²) < 4.78 is 65.1.